The van der Waals surface area contributed by atoms with Gasteiger partial charge in [-0.15, -0.1) is 0 Å². The van der Waals surface area contributed by atoms with E-state index in [2.05, 4.69) is 107 Å². The lowest BCUT2D eigenvalue weighted by molar-refractivity contribution is 0.285. The van der Waals surface area contributed by atoms with Crippen LogP contribution >= 0.6 is 0 Å². The first kappa shape index (κ1) is 25.9. The highest BCUT2D eigenvalue weighted by molar-refractivity contribution is 5.91. The van der Waals surface area contributed by atoms with Crippen molar-refractivity contribution in [2.24, 2.45) is 0 Å². The molecule has 204 valence electrons. The molecule has 3 heterocycles. The van der Waals surface area contributed by atoms with E-state index in [-0.39, 0.29) is 12.1 Å². The normalized spacial score (nSPS) is 16.1. The van der Waals surface area contributed by atoms with Crippen LogP contribution in [0.1, 0.15) is 57.8 Å². The summed E-state index contributed by atoms with van der Waals surface area (Å²) >= 11 is 0. The van der Waals surface area contributed by atoms with Gasteiger partial charge in [0.15, 0.2) is 0 Å². The highest BCUT2D eigenvalue weighted by Gasteiger charge is 2.32. The number of H-pyrrole nitrogens is 2. The van der Waals surface area contributed by atoms with Gasteiger partial charge in [-0.2, -0.15) is 0 Å². The lowest BCUT2D eigenvalue weighted by atomic mass is 9.99. The Morgan fingerprint density at radius 2 is 1.77 bits per heavy atom. The van der Waals surface area contributed by atoms with Gasteiger partial charge in [0.25, 0.3) is 0 Å². The minimum Gasteiger partial charge on any atom is -0.381 e. The largest absolute Gasteiger partial charge is 0.381 e. The number of fused-ring (bicyclic) bond motifs is 2. The Hall–Kier alpha value is -4.32. The van der Waals surface area contributed by atoms with Crippen LogP contribution in [0.5, 0.6) is 0 Å². The van der Waals surface area contributed by atoms with Crippen LogP contribution in [0.3, 0.4) is 0 Å². The number of likely N-dealkylation sites (tertiary alicyclic amines) is 1. The first-order valence-electron chi connectivity index (χ1n) is 14.5. The van der Waals surface area contributed by atoms with Crippen molar-refractivity contribution in [2.45, 2.75) is 58.0 Å². The van der Waals surface area contributed by atoms with Crippen molar-refractivity contribution in [3.8, 4) is 22.4 Å². The molecule has 1 saturated heterocycles. The molecule has 5 aromatic rings. The number of nitrogens with zero attached hydrogens (tertiary/aromatic N) is 3. The van der Waals surface area contributed by atoms with Crippen molar-refractivity contribution in [3.05, 3.63) is 97.5 Å². The van der Waals surface area contributed by atoms with E-state index in [4.69, 9.17) is 4.98 Å². The predicted molar refractivity (Wildman–Crippen MR) is 166 cm³/mol. The first-order valence-corrected chi connectivity index (χ1v) is 14.5. The van der Waals surface area contributed by atoms with Crippen LogP contribution in [0.2, 0.25) is 0 Å². The Bertz CT molecular complexity index is 1660. The monoisotopic (exact) mass is 530 g/mol. The molecule has 0 radical (unpaired) electrons. The molecule has 2 aromatic heterocycles. The fourth-order valence-corrected chi connectivity index (χ4v) is 5.93. The van der Waals surface area contributed by atoms with Gasteiger partial charge in [0.2, 0.25) is 0 Å². The number of allylic oxidation sites excluding steroid dienone is 1. The number of aromatic nitrogens is 4. The minimum absolute atomic E-state index is 0.206. The van der Waals surface area contributed by atoms with Gasteiger partial charge >= 0.3 is 0 Å². The summed E-state index contributed by atoms with van der Waals surface area (Å²) in [5.41, 5.74) is 8.83. The molecule has 1 aliphatic rings. The molecule has 3 aromatic carbocycles. The van der Waals surface area contributed by atoms with E-state index in [1.54, 1.807) is 6.33 Å². The Morgan fingerprint density at radius 1 is 1.02 bits per heavy atom. The Kier molecular flexibility index (Phi) is 7.16. The number of benzene rings is 3. The molecular formula is C34H38N6. The minimum atomic E-state index is 0.206. The Labute approximate surface area is 236 Å². The predicted octanol–water partition coefficient (Wildman–Crippen LogP) is 8.11. The third-order valence-electron chi connectivity index (χ3n) is 8.21. The van der Waals surface area contributed by atoms with E-state index < -0.39 is 0 Å². The van der Waals surface area contributed by atoms with E-state index in [0.29, 0.717) is 0 Å². The van der Waals surface area contributed by atoms with Crippen molar-refractivity contribution in [2.75, 3.05) is 6.54 Å². The number of nitrogens with one attached hydrogen (secondary N) is 3. The molecule has 6 nitrogen and oxygen atoms in total. The third kappa shape index (κ3) is 5.02. The summed E-state index contributed by atoms with van der Waals surface area (Å²) in [7, 11) is 0. The van der Waals surface area contributed by atoms with Gasteiger partial charge in [-0.25, -0.2) is 9.97 Å². The molecule has 0 aliphatic carbocycles. The number of rotatable bonds is 10. The summed E-state index contributed by atoms with van der Waals surface area (Å²) in [5, 5.41) is 6.04. The lowest BCUT2D eigenvalue weighted by Gasteiger charge is -2.33. The maximum Gasteiger partial charge on any atom is 0.130 e. The number of hydrogen-bond donors (Lipinski definition) is 3. The molecule has 3 N–H and O–H groups in total. The average molecular weight is 531 g/mol. The summed E-state index contributed by atoms with van der Waals surface area (Å²) < 4.78 is 0. The van der Waals surface area contributed by atoms with E-state index in [0.717, 1.165) is 78.2 Å². The average Bonchev–Trinajstić information content (AvgIpc) is 3.76. The zero-order valence-corrected chi connectivity index (χ0v) is 23.5. The van der Waals surface area contributed by atoms with Crippen LogP contribution < -0.4 is 5.32 Å². The highest BCUT2D eigenvalue weighted by Crippen LogP contribution is 2.36. The number of aromatic amines is 2. The lowest BCUT2D eigenvalue weighted by Crippen LogP contribution is -2.38. The van der Waals surface area contributed by atoms with Crippen molar-refractivity contribution < 1.29 is 0 Å². The molecular weight excluding hydrogens is 492 g/mol. The smallest absolute Gasteiger partial charge is 0.130 e. The second kappa shape index (κ2) is 11.0. The second-order valence-corrected chi connectivity index (χ2v) is 10.9. The molecule has 2 atom stereocenters. The van der Waals surface area contributed by atoms with Gasteiger partial charge in [-0.1, -0.05) is 63.8 Å². The fraction of sp³-hybridized carbons (Fsp3) is 0.294. The zero-order valence-electron chi connectivity index (χ0n) is 23.5. The molecule has 0 unspecified atom stereocenters. The molecule has 1 aliphatic heterocycles. The van der Waals surface area contributed by atoms with E-state index >= 15 is 0 Å². The topological polar surface area (TPSA) is 72.6 Å². The van der Waals surface area contributed by atoms with E-state index in [1.165, 1.54) is 21.9 Å². The van der Waals surface area contributed by atoms with E-state index in [9.17, 15) is 0 Å². The standard InChI is InChI=1S/C34H38N6/c1-5-8-29(37-22(3)6-2)23(4)40-16-7-9-33(40)34-38-30-15-14-27(19-31(30)39-34)25-10-11-26-18-28(13-12-24(26)17-25)32-20-35-21-36-32/h10-15,17-21,29,33,37H,3-9,16H2,1-2H3,(H,35,36)(H,38,39)/t29-,33-/m0/s1. The second-order valence-electron chi connectivity index (χ2n) is 10.9. The summed E-state index contributed by atoms with van der Waals surface area (Å²) in [6.45, 7) is 14.1. The van der Waals surface area contributed by atoms with Crippen molar-refractivity contribution in [1.82, 2.24) is 30.2 Å². The van der Waals surface area contributed by atoms with Gasteiger partial charge < -0.3 is 20.2 Å². The molecule has 0 spiro atoms. The van der Waals surface area contributed by atoms with Gasteiger partial charge in [-0.3, -0.25) is 0 Å². The molecule has 0 saturated carbocycles. The van der Waals surface area contributed by atoms with Crippen molar-refractivity contribution in [3.63, 3.8) is 0 Å². The van der Waals surface area contributed by atoms with Crippen molar-refractivity contribution >= 4 is 21.8 Å². The fourth-order valence-electron chi connectivity index (χ4n) is 5.93. The first-order chi connectivity index (χ1) is 19.5. The maximum absolute atomic E-state index is 5.04. The van der Waals surface area contributed by atoms with Crippen LogP contribution in [-0.4, -0.2) is 37.4 Å². The maximum atomic E-state index is 5.04. The Balaban J connectivity index is 1.25. The molecule has 0 bridgehead atoms. The number of hydrogen-bond acceptors (Lipinski definition) is 4. The van der Waals surface area contributed by atoms with Crippen LogP contribution in [0.4, 0.5) is 0 Å². The quantitative estimate of drug-likeness (QED) is 0.171. The SMILES string of the molecule is C=C(CC)N[C@@H](CCC)C(=C)N1CCC[C@H]1c1nc2ccc(-c3ccc4cc(-c5cnc[nH]5)ccc4c3)cc2[nH]1. The van der Waals surface area contributed by atoms with Crippen molar-refractivity contribution in [1.29, 1.82) is 0 Å². The summed E-state index contributed by atoms with van der Waals surface area (Å²) in [6, 6.07) is 20.1. The summed E-state index contributed by atoms with van der Waals surface area (Å²) in [6.07, 6.45) is 8.84. The van der Waals surface area contributed by atoms with Gasteiger partial charge in [0, 0.05) is 23.5 Å². The highest BCUT2D eigenvalue weighted by atomic mass is 15.2. The summed E-state index contributed by atoms with van der Waals surface area (Å²) in [5.74, 6) is 1.03. The van der Waals surface area contributed by atoms with Gasteiger partial charge in [0.05, 0.1) is 41.3 Å². The Morgan fingerprint density at radius 3 is 2.52 bits per heavy atom. The molecule has 40 heavy (non-hydrogen) atoms. The van der Waals surface area contributed by atoms with Gasteiger partial charge in [-0.05, 0) is 71.8 Å². The van der Waals surface area contributed by atoms with E-state index in [1.807, 2.05) is 6.20 Å². The van der Waals surface area contributed by atoms with Crippen LogP contribution in [-0.2, 0) is 0 Å². The molecule has 0 amide bonds. The molecule has 6 heteroatoms. The third-order valence-corrected chi connectivity index (χ3v) is 8.21. The van der Waals surface area contributed by atoms with Crippen LogP contribution in [0.25, 0.3) is 44.2 Å². The van der Waals surface area contributed by atoms with Crippen LogP contribution in [0, 0.1) is 0 Å². The molecule has 6 rings (SSSR count). The number of imidazole rings is 2. The van der Waals surface area contributed by atoms with Gasteiger partial charge in [0.1, 0.15) is 5.82 Å². The van der Waals surface area contributed by atoms with Crippen LogP contribution in [0.15, 0.2) is 91.7 Å². The zero-order chi connectivity index (χ0) is 27.6. The summed E-state index contributed by atoms with van der Waals surface area (Å²) in [4.78, 5) is 18.5. The molecule has 1 fully saturated rings.